The predicted molar refractivity (Wildman–Crippen MR) is 75.0 cm³/mol. The van der Waals surface area contributed by atoms with Gasteiger partial charge in [0.05, 0.1) is 21.3 Å². The van der Waals surface area contributed by atoms with Crippen molar-refractivity contribution in [2.24, 2.45) is 7.05 Å². The minimum absolute atomic E-state index is 0.303. The first-order chi connectivity index (χ1) is 10.1. The fourth-order valence-corrected chi connectivity index (χ4v) is 1.87. The fraction of sp³-hybridized carbons (Fsp3) is 0.462. The number of aromatic nitrogens is 4. The first kappa shape index (κ1) is 15.2. The zero-order chi connectivity index (χ0) is 15.2. The molecule has 1 atom stereocenters. The second kappa shape index (κ2) is 7.00. The fourth-order valence-electron chi connectivity index (χ4n) is 1.87. The van der Waals surface area contributed by atoms with E-state index < -0.39 is 6.10 Å². The highest BCUT2D eigenvalue weighted by molar-refractivity contribution is 5.42. The molecule has 2 aromatic rings. The Morgan fingerprint density at radius 3 is 2.67 bits per heavy atom. The normalized spacial score (nSPS) is 12.2. The first-order valence-corrected chi connectivity index (χ1v) is 6.47. The number of benzene rings is 1. The van der Waals surface area contributed by atoms with E-state index in [1.165, 1.54) is 4.80 Å². The number of methoxy groups -OCH3 is 2. The lowest BCUT2D eigenvalue weighted by Gasteiger charge is -2.11. The van der Waals surface area contributed by atoms with Crippen LogP contribution < -0.4 is 14.8 Å². The topological polar surface area (TPSA) is 94.3 Å². The van der Waals surface area contributed by atoms with Crippen molar-refractivity contribution >= 4 is 0 Å². The zero-order valence-electron chi connectivity index (χ0n) is 12.3. The van der Waals surface area contributed by atoms with Crippen LogP contribution in [0.3, 0.4) is 0 Å². The molecular formula is C13H19N5O3. The van der Waals surface area contributed by atoms with Gasteiger partial charge in [-0.2, -0.15) is 4.80 Å². The SMILES string of the molecule is COc1ccc(CNC[C@@H](O)c2nnn(C)n2)cc1OC. The number of rotatable bonds is 7. The number of aryl methyl sites for hydroxylation is 1. The van der Waals surface area contributed by atoms with Gasteiger partial charge in [0.1, 0.15) is 6.10 Å². The average molecular weight is 293 g/mol. The van der Waals surface area contributed by atoms with E-state index in [4.69, 9.17) is 9.47 Å². The number of ether oxygens (including phenoxy) is 2. The number of hydrogen-bond donors (Lipinski definition) is 2. The van der Waals surface area contributed by atoms with Crippen LogP contribution in [-0.4, -0.2) is 46.1 Å². The van der Waals surface area contributed by atoms with Crippen molar-refractivity contribution in [2.75, 3.05) is 20.8 Å². The largest absolute Gasteiger partial charge is 0.493 e. The molecule has 21 heavy (non-hydrogen) atoms. The lowest BCUT2D eigenvalue weighted by molar-refractivity contribution is 0.164. The Kier molecular flexibility index (Phi) is 5.07. The van der Waals surface area contributed by atoms with Gasteiger partial charge in [0.25, 0.3) is 0 Å². The molecule has 0 fully saturated rings. The molecule has 0 bridgehead atoms. The molecule has 2 N–H and O–H groups in total. The minimum Gasteiger partial charge on any atom is -0.493 e. The average Bonchev–Trinajstić information content (AvgIpc) is 2.93. The van der Waals surface area contributed by atoms with E-state index in [-0.39, 0.29) is 0 Å². The maximum absolute atomic E-state index is 9.91. The Balaban J connectivity index is 1.88. The quantitative estimate of drug-likeness (QED) is 0.745. The Hall–Kier alpha value is -2.19. The molecule has 0 amide bonds. The molecular weight excluding hydrogens is 274 g/mol. The molecule has 1 heterocycles. The summed E-state index contributed by atoms with van der Waals surface area (Å²) in [5.74, 6) is 1.66. The minimum atomic E-state index is -0.793. The van der Waals surface area contributed by atoms with E-state index in [0.717, 1.165) is 5.56 Å². The summed E-state index contributed by atoms with van der Waals surface area (Å²) in [5, 5.41) is 24.4. The van der Waals surface area contributed by atoms with Crippen molar-refractivity contribution < 1.29 is 14.6 Å². The third kappa shape index (κ3) is 3.89. The van der Waals surface area contributed by atoms with E-state index in [1.807, 2.05) is 18.2 Å². The zero-order valence-corrected chi connectivity index (χ0v) is 12.3. The summed E-state index contributed by atoms with van der Waals surface area (Å²) in [6, 6.07) is 5.66. The molecule has 2 rings (SSSR count). The Morgan fingerprint density at radius 2 is 2.05 bits per heavy atom. The number of hydrogen-bond acceptors (Lipinski definition) is 7. The lowest BCUT2D eigenvalue weighted by Crippen LogP contribution is -2.22. The number of tetrazole rings is 1. The molecule has 1 aromatic carbocycles. The highest BCUT2D eigenvalue weighted by Crippen LogP contribution is 2.27. The van der Waals surface area contributed by atoms with Gasteiger partial charge < -0.3 is 19.9 Å². The molecule has 0 aliphatic heterocycles. The van der Waals surface area contributed by atoms with Gasteiger partial charge >= 0.3 is 0 Å². The maximum atomic E-state index is 9.91. The Morgan fingerprint density at radius 1 is 1.29 bits per heavy atom. The number of nitrogens with one attached hydrogen (secondary N) is 1. The van der Waals surface area contributed by atoms with Crippen LogP contribution in [0.4, 0.5) is 0 Å². The third-order valence-corrected chi connectivity index (χ3v) is 2.94. The van der Waals surface area contributed by atoms with Gasteiger partial charge in [-0.1, -0.05) is 6.07 Å². The van der Waals surface area contributed by atoms with Gasteiger partial charge in [0.15, 0.2) is 11.5 Å². The lowest BCUT2D eigenvalue weighted by atomic mass is 10.2. The molecule has 0 unspecified atom stereocenters. The van der Waals surface area contributed by atoms with Crippen molar-refractivity contribution in [1.82, 2.24) is 25.5 Å². The van der Waals surface area contributed by atoms with Crippen LogP contribution in [0.5, 0.6) is 11.5 Å². The van der Waals surface area contributed by atoms with Crippen molar-refractivity contribution in [3.8, 4) is 11.5 Å². The van der Waals surface area contributed by atoms with Gasteiger partial charge in [-0.05, 0) is 22.9 Å². The summed E-state index contributed by atoms with van der Waals surface area (Å²) in [6.07, 6.45) is -0.793. The van der Waals surface area contributed by atoms with Crippen molar-refractivity contribution in [3.05, 3.63) is 29.6 Å². The van der Waals surface area contributed by atoms with Crippen LogP contribution in [0, 0.1) is 0 Å². The highest BCUT2D eigenvalue weighted by Gasteiger charge is 2.13. The maximum Gasteiger partial charge on any atom is 0.204 e. The summed E-state index contributed by atoms with van der Waals surface area (Å²) in [4.78, 5) is 1.31. The molecule has 1 aromatic heterocycles. The molecule has 0 spiro atoms. The number of nitrogens with zero attached hydrogens (tertiary/aromatic N) is 4. The van der Waals surface area contributed by atoms with Crippen LogP contribution in [0.2, 0.25) is 0 Å². The highest BCUT2D eigenvalue weighted by atomic mass is 16.5. The second-order valence-corrected chi connectivity index (χ2v) is 4.47. The smallest absolute Gasteiger partial charge is 0.204 e. The molecule has 114 valence electrons. The second-order valence-electron chi connectivity index (χ2n) is 4.47. The van der Waals surface area contributed by atoms with E-state index in [1.54, 1.807) is 21.3 Å². The molecule has 0 aliphatic rings. The monoisotopic (exact) mass is 293 g/mol. The number of aliphatic hydroxyl groups is 1. The van der Waals surface area contributed by atoms with Crippen molar-refractivity contribution in [2.45, 2.75) is 12.6 Å². The van der Waals surface area contributed by atoms with Gasteiger partial charge in [0, 0.05) is 13.1 Å². The van der Waals surface area contributed by atoms with Crippen LogP contribution in [0.25, 0.3) is 0 Å². The van der Waals surface area contributed by atoms with Crippen LogP contribution >= 0.6 is 0 Å². The molecule has 8 nitrogen and oxygen atoms in total. The Bertz CT molecular complexity index is 587. The van der Waals surface area contributed by atoms with Gasteiger partial charge in [-0.3, -0.25) is 0 Å². The summed E-state index contributed by atoms with van der Waals surface area (Å²) >= 11 is 0. The van der Waals surface area contributed by atoms with Crippen LogP contribution in [0.15, 0.2) is 18.2 Å². The van der Waals surface area contributed by atoms with Crippen LogP contribution in [0.1, 0.15) is 17.5 Å². The summed E-state index contributed by atoms with van der Waals surface area (Å²) in [5.41, 5.74) is 1.02. The summed E-state index contributed by atoms with van der Waals surface area (Å²) in [6.45, 7) is 0.914. The van der Waals surface area contributed by atoms with Crippen LogP contribution in [-0.2, 0) is 13.6 Å². The van der Waals surface area contributed by atoms with Crippen molar-refractivity contribution in [1.29, 1.82) is 0 Å². The molecule has 8 heteroatoms. The molecule has 0 saturated carbocycles. The molecule has 0 radical (unpaired) electrons. The summed E-state index contributed by atoms with van der Waals surface area (Å²) in [7, 11) is 4.85. The Labute approximate surface area is 122 Å². The standard InChI is InChI=1S/C13H19N5O3/c1-18-16-13(15-17-18)10(19)8-14-7-9-4-5-11(20-2)12(6-9)21-3/h4-6,10,14,19H,7-8H2,1-3H3/t10-/m1/s1. The van der Waals surface area contributed by atoms with E-state index in [9.17, 15) is 5.11 Å². The third-order valence-electron chi connectivity index (χ3n) is 2.94. The van der Waals surface area contributed by atoms with E-state index in [0.29, 0.717) is 30.4 Å². The van der Waals surface area contributed by atoms with Gasteiger partial charge in [0.2, 0.25) is 5.82 Å². The molecule has 0 saturated heterocycles. The first-order valence-electron chi connectivity index (χ1n) is 6.47. The van der Waals surface area contributed by atoms with Crippen molar-refractivity contribution in [3.63, 3.8) is 0 Å². The van der Waals surface area contributed by atoms with E-state index >= 15 is 0 Å². The van der Waals surface area contributed by atoms with Gasteiger partial charge in [-0.25, -0.2) is 0 Å². The van der Waals surface area contributed by atoms with E-state index in [2.05, 4.69) is 20.7 Å². The van der Waals surface area contributed by atoms with Gasteiger partial charge in [-0.15, -0.1) is 10.2 Å². The molecule has 0 aliphatic carbocycles. The summed E-state index contributed by atoms with van der Waals surface area (Å²) < 4.78 is 10.4. The number of aliphatic hydroxyl groups excluding tert-OH is 1. The predicted octanol–water partition coefficient (Wildman–Crippen LogP) is 0.0505.